The molecule has 2 heterocycles. The van der Waals surface area contributed by atoms with Gasteiger partial charge in [0, 0.05) is 93.2 Å². The molecule has 23 rings (SSSR count). The van der Waals surface area contributed by atoms with Gasteiger partial charge in [-0.15, -0.1) is 0 Å². The van der Waals surface area contributed by atoms with Gasteiger partial charge in [0.15, 0.2) is 0 Å². The van der Waals surface area contributed by atoms with Crippen LogP contribution in [0.5, 0.6) is 0 Å². The molecule has 1 N–H and O–H groups in total. The van der Waals surface area contributed by atoms with Crippen molar-refractivity contribution in [3.63, 3.8) is 0 Å². The Morgan fingerprint density at radius 1 is 0.181 bits per heavy atom. The molecule has 21 aromatic carbocycles. The van der Waals surface area contributed by atoms with Crippen LogP contribution < -0.4 is 15.1 Å². The number of aromatic nitrogens is 2. The number of hydrogen-bond acceptors (Lipinski definition) is 3. The first-order chi connectivity index (χ1) is 62.8. The van der Waals surface area contributed by atoms with Crippen molar-refractivity contribution in [3.05, 3.63) is 507 Å². The van der Waals surface area contributed by atoms with E-state index in [0.717, 1.165) is 100 Å². The summed E-state index contributed by atoms with van der Waals surface area (Å²) in [5, 5.41) is 17.1. The molecule has 2 aromatic heterocycles. The fourth-order valence-corrected chi connectivity index (χ4v) is 18.2. The Hall–Kier alpha value is -16.0. The van der Waals surface area contributed by atoms with Gasteiger partial charge in [0.25, 0.3) is 0 Å². The minimum atomic E-state index is 0.739. The van der Waals surface area contributed by atoms with E-state index in [1.165, 1.54) is 109 Å². The summed E-state index contributed by atoms with van der Waals surface area (Å²) in [5.41, 5.74) is 30.0. The van der Waals surface area contributed by atoms with Crippen molar-refractivity contribution in [1.29, 1.82) is 0 Å². The molecule has 602 valence electrons. The minimum Gasteiger partial charge on any atom is -0.355 e. The largest absolute Gasteiger partial charge is 0.355 e. The molecule has 127 heavy (non-hydrogen) atoms. The highest BCUT2D eigenvalue weighted by atomic mass is 35.5. The molecule has 0 aliphatic heterocycles. The Labute approximate surface area is 749 Å². The van der Waals surface area contributed by atoms with Gasteiger partial charge >= 0.3 is 0 Å². The summed E-state index contributed by atoms with van der Waals surface area (Å²) in [6.45, 7) is 0. The Morgan fingerprint density at radius 3 is 0.795 bits per heavy atom. The summed E-state index contributed by atoms with van der Waals surface area (Å²) < 4.78 is 4.78. The highest BCUT2D eigenvalue weighted by molar-refractivity contribution is 6.31. The molecule has 0 saturated carbocycles. The van der Waals surface area contributed by atoms with Crippen molar-refractivity contribution >= 4 is 145 Å². The molecule has 0 radical (unpaired) electrons. The fraction of sp³-hybridized carbons (Fsp3) is 0. The number of anilines is 8. The average molecular weight is 1670 g/mol. The number of para-hydroxylation sites is 3. The predicted octanol–water partition coefficient (Wildman–Crippen LogP) is 34.7. The zero-order valence-electron chi connectivity index (χ0n) is 69.4. The van der Waals surface area contributed by atoms with Crippen LogP contribution in [0, 0.1) is 0 Å². The highest BCUT2D eigenvalue weighted by Crippen LogP contribution is 2.46. The molecule has 0 aliphatic rings. The van der Waals surface area contributed by atoms with Crippen molar-refractivity contribution in [2.75, 3.05) is 15.1 Å². The second-order valence-electron chi connectivity index (χ2n) is 31.9. The summed E-state index contributed by atoms with van der Waals surface area (Å²) >= 11 is 12.3. The van der Waals surface area contributed by atoms with Gasteiger partial charge in [-0.2, -0.15) is 0 Å². The number of nitrogens with one attached hydrogen (secondary N) is 1. The van der Waals surface area contributed by atoms with E-state index in [0.29, 0.717) is 0 Å². The van der Waals surface area contributed by atoms with Gasteiger partial charge < -0.3 is 24.3 Å². The zero-order chi connectivity index (χ0) is 84.9. The summed E-state index contributed by atoms with van der Waals surface area (Å²) in [6.07, 6.45) is 0. The van der Waals surface area contributed by atoms with Crippen molar-refractivity contribution in [2.24, 2.45) is 0 Å². The molecule has 7 heteroatoms. The van der Waals surface area contributed by atoms with E-state index >= 15 is 0 Å². The molecular weight excluding hydrogens is 1580 g/mol. The first-order valence-electron chi connectivity index (χ1n) is 43.0. The lowest BCUT2D eigenvalue weighted by Gasteiger charge is -2.27. The number of hydrogen-bond donors (Lipinski definition) is 1. The highest BCUT2D eigenvalue weighted by Gasteiger charge is 2.22. The number of benzene rings is 21. The third-order valence-corrected chi connectivity index (χ3v) is 24.7. The molecule has 0 spiro atoms. The summed E-state index contributed by atoms with van der Waals surface area (Å²) in [7, 11) is 0. The van der Waals surface area contributed by atoms with Crippen LogP contribution in [0.4, 0.5) is 45.5 Å². The first-order valence-corrected chi connectivity index (χ1v) is 43.7. The van der Waals surface area contributed by atoms with Crippen LogP contribution in [0.1, 0.15) is 0 Å². The molecule has 0 bridgehead atoms. The smallest absolute Gasteiger partial charge is 0.0541 e. The Bertz CT molecular complexity index is 7520. The SMILES string of the molecule is Clc1ccc(-c2ccc3c(c2)c2cc(-c4ccc(Cl)cc4)ccc2n3-c2ccc(-c3ccccc3)cc2)cc1.c1ccc(-c2ccc(-n3c4ccc(-c5ccc(N(c6ccccc6)c6cccc7ccccc67)cc5)cc4c4cc(-c5ccc(N(c6ccccc6)c6cccc7ccccc67)cc5)ccc43)cc2)cc1.c1ccc(Nc2cccc3ccccc23)cc1. The number of rotatable bonds is 16. The van der Waals surface area contributed by atoms with Gasteiger partial charge in [-0.05, 0) is 259 Å². The molecule has 5 nitrogen and oxygen atoms in total. The van der Waals surface area contributed by atoms with Gasteiger partial charge in [-0.3, -0.25) is 0 Å². The molecule has 0 amide bonds. The maximum absolute atomic E-state index is 6.17. The lowest BCUT2D eigenvalue weighted by atomic mass is 9.99. The Balaban J connectivity index is 0.000000145. The molecule has 23 aromatic rings. The Morgan fingerprint density at radius 2 is 0.433 bits per heavy atom. The van der Waals surface area contributed by atoms with E-state index in [9.17, 15) is 0 Å². The quantitative estimate of drug-likeness (QED) is 0.105. The van der Waals surface area contributed by atoms with Crippen LogP contribution in [0.15, 0.2) is 497 Å². The number of fused-ring (bicyclic) bond motifs is 9. The standard InChI is InChI=1S/C68H47N3.C36H23Cl2N.C16H13N/c1-4-16-48(17-5-1)49-30-42-60(43-31-49)71-67-44-36-54(50-32-38-58(39-33-50)69(56-22-6-2-7-23-56)65-28-14-20-52-18-10-12-26-61(52)65)46-63(67)64-47-55(37-45-68(64)71)51-34-40-59(41-35-51)70(57-24-8-3-9-25-57)66-29-15-21-53-19-11-13-27-62(53)66;37-30-14-6-26(7-15-30)28-12-20-35-33(22-28)34-23-29(27-8-16-31(38)17-9-27)13-21-36(34)39(35)32-18-10-25(11-19-32)24-4-2-1-3-5-24;1-2-9-14(10-3-1)17-16-12-6-8-13-7-4-5-11-15(13)16/h1-47H;1-23H;1-12,17H. The summed E-state index contributed by atoms with van der Waals surface area (Å²) in [5.74, 6) is 0. The lowest BCUT2D eigenvalue weighted by Crippen LogP contribution is -2.10. The van der Waals surface area contributed by atoms with Gasteiger partial charge in [-0.25, -0.2) is 0 Å². The van der Waals surface area contributed by atoms with Crippen molar-refractivity contribution in [3.8, 4) is 78.1 Å². The number of halogens is 2. The third-order valence-electron chi connectivity index (χ3n) is 24.2. The second kappa shape index (κ2) is 35.1. The second-order valence-corrected chi connectivity index (χ2v) is 32.8. The van der Waals surface area contributed by atoms with Crippen LogP contribution in [0.3, 0.4) is 0 Å². The van der Waals surface area contributed by atoms with Crippen molar-refractivity contribution < 1.29 is 0 Å². The van der Waals surface area contributed by atoms with Crippen LogP contribution in [-0.4, -0.2) is 9.13 Å². The maximum atomic E-state index is 6.17. The summed E-state index contributed by atoms with van der Waals surface area (Å²) in [4.78, 5) is 4.73. The van der Waals surface area contributed by atoms with Crippen LogP contribution in [0.25, 0.3) is 154 Å². The fourth-order valence-electron chi connectivity index (χ4n) is 17.9. The molecule has 0 atom stereocenters. The van der Waals surface area contributed by atoms with Crippen molar-refractivity contribution in [2.45, 2.75) is 0 Å². The normalized spacial score (nSPS) is 11.2. The van der Waals surface area contributed by atoms with Gasteiger partial charge in [0.2, 0.25) is 0 Å². The van der Waals surface area contributed by atoms with Crippen LogP contribution in [-0.2, 0) is 0 Å². The van der Waals surface area contributed by atoms with E-state index in [1.54, 1.807) is 0 Å². The molecular formula is C120H83Cl2N5. The van der Waals surface area contributed by atoms with Crippen molar-refractivity contribution in [1.82, 2.24) is 9.13 Å². The van der Waals surface area contributed by atoms with Crippen LogP contribution in [0.2, 0.25) is 10.0 Å². The van der Waals surface area contributed by atoms with E-state index in [2.05, 4.69) is 473 Å². The molecule has 0 unspecified atom stereocenters. The molecule has 0 aliphatic carbocycles. The van der Waals surface area contributed by atoms with Crippen LogP contribution >= 0.6 is 23.2 Å². The molecule has 0 saturated heterocycles. The maximum Gasteiger partial charge on any atom is 0.0541 e. The van der Waals surface area contributed by atoms with Gasteiger partial charge in [0.1, 0.15) is 0 Å². The van der Waals surface area contributed by atoms with E-state index in [1.807, 2.05) is 48.5 Å². The monoisotopic (exact) mass is 1660 g/mol. The molecule has 0 fully saturated rings. The number of nitrogens with zero attached hydrogens (tertiary/aromatic N) is 4. The summed E-state index contributed by atoms with van der Waals surface area (Å²) in [6, 6.07) is 177. The van der Waals surface area contributed by atoms with Gasteiger partial charge in [0.05, 0.1) is 33.4 Å². The van der Waals surface area contributed by atoms with E-state index < -0.39 is 0 Å². The Kier molecular flexibility index (Phi) is 21.6. The van der Waals surface area contributed by atoms with E-state index in [-0.39, 0.29) is 0 Å². The van der Waals surface area contributed by atoms with Gasteiger partial charge in [-0.1, -0.05) is 345 Å². The van der Waals surface area contributed by atoms with E-state index in [4.69, 9.17) is 23.2 Å². The first kappa shape index (κ1) is 78.2. The average Bonchev–Trinajstić information content (AvgIpc) is 1.59. The third kappa shape index (κ3) is 16.0. The topological polar surface area (TPSA) is 28.4 Å². The predicted molar refractivity (Wildman–Crippen MR) is 542 cm³/mol. The lowest BCUT2D eigenvalue weighted by molar-refractivity contribution is 1.18. The zero-order valence-corrected chi connectivity index (χ0v) is 70.9. The minimum absolute atomic E-state index is 0.739.